The van der Waals surface area contributed by atoms with E-state index in [2.05, 4.69) is 0 Å². The Balaban J connectivity index is 2.60. The molecule has 0 atom stereocenters. The summed E-state index contributed by atoms with van der Waals surface area (Å²) in [4.78, 5) is 0. The van der Waals surface area contributed by atoms with Crippen molar-refractivity contribution in [3.8, 4) is 16.9 Å². The normalized spacial score (nSPS) is 10.5. The zero-order valence-corrected chi connectivity index (χ0v) is 9.85. The van der Waals surface area contributed by atoms with Crippen LogP contribution in [0.4, 0.5) is 0 Å². The van der Waals surface area contributed by atoms with E-state index in [1.807, 2.05) is 49.4 Å². The summed E-state index contributed by atoms with van der Waals surface area (Å²) in [5.74, 6) is 0.316. The lowest BCUT2D eigenvalue weighted by Gasteiger charge is -2.11. The van der Waals surface area contributed by atoms with Crippen LogP contribution in [0, 0.1) is 0 Å². The van der Waals surface area contributed by atoms with Gasteiger partial charge >= 0.3 is 0 Å². The highest BCUT2D eigenvalue weighted by molar-refractivity contribution is 5.72. The fraction of sp³-hybridized carbons (Fsp3) is 0.200. The topological polar surface area (TPSA) is 40.5 Å². The number of aliphatic hydroxyl groups excluding tert-OH is 1. The van der Waals surface area contributed by atoms with Gasteiger partial charge in [-0.15, -0.1) is 0 Å². The predicted molar refractivity (Wildman–Crippen MR) is 68.8 cm³/mol. The molecular formula is C15H16O2. The summed E-state index contributed by atoms with van der Waals surface area (Å²) in [7, 11) is 0. The van der Waals surface area contributed by atoms with Crippen LogP contribution in [-0.2, 0) is 13.0 Å². The van der Waals surface area contributed by atoms with Crippen LogP contribution in [0.25, 0.3) is 11.1 Å². The SMILES string of the molecule is CCc1cc(CO)cc(-c2ccccc2)c1O. The van der Waals surface area contributed by atoms with Gasteiger partial charge in [0.25, 0.3) is 0 Å². The molecule has 0 aliphatic heterocycles. The summed E-state index contributed by atoms with van der Waals surface area (Å²) in [5, 5.41) is 19.4. The Morgan fingerprint density at radius 1 is 1.06 bits per heavy atom. The minimum atomic E-state index is -0.00683. The quantitative estimate of drug-likeness (QED) is 0.847. The van der Waals surface area contributed by atoms with Crippen molar-refractivity contribution in [1.82, 2.24) is 0 Å². The molecule has 2 aromatic carbocycles. The number of aliphatic hydroxyl groups is 1. The fourth-order valence-corrected chi connectivity index (χ4v) is 1.96. The second-order valence-electron chi connectivity index (χ2n) is 4.03. The fourth-order valence-electron chi connectivity index (χ4n) is 1.96. The molecule has 0 bridgehead atoms. The van der Waals surface area contributed by atoms with Gasteiger partial charge in [-0.25, -0.2) is 0 Å². The summed E-state index contributed by atoms with van der Waals surface area (Å²) in [5.41, 5.74) is 3.46. The number of hydrogen-bond donors (Lipinski definition) is 2. The third-order valence-corrected chi connectivity index (χ3v) is 2.90. The molecule has 0 amide bonds. The standard InChI is InChI=1S/C15H16O2/c1-2-12-8-11(10-16)9-14(15(12)17)13-6-4-3-5-7-13/h3-9,16-17H,2,10H2,1H3. The molecule has 0 spiro atoms. The molecule has 0 saturated heterocycles. The number of phenols is 1. The van der Waals surface area contributed by atoms with Gasteiger partial charge in [0, 0.05) is 5.56 Å². The maximum atomic E-state index is 10.2. The van der Waals surface area contributed by atoms with Crippen molar-refractivity contribution < 1.29 is 10.2 Å². The number of hydrogen-bond acceptors (Lipinski definition) is 2. The minimum absolute atomic E-state index is 0.00683. The van der Waals surface area contributed by atoms with Crippen LogP contribution < -0.4 is 0 Å². The predicted octanol–water partition coefficient (Wildman–Crippen LogP) is 3.11. The first kappa shape index (κ1) is 11.7. The summed E-state index contributed by atoms with van der Waals surface area (Å²) in [6.45, 7) is 1.98. The van der Waals surface area contributed by atoms with Gasteiger partial charge in [-0.1, -0.05) is 37.3 Å². The Morgan fingerprint density at radius 3 is 2.35 bits per heavy atom. The molecule has 0 saturated carbocycles. The number of benzene rings is 2. The lowest BCUT2D eigenvalue weighted by molar-refractivity contribution is 0.281. The molecule has 88 valence electrons. The van der Waals surface area contributed by atoms with Crippen LogP contribution >= 0.6 is 0 Å². The highest BCUT2D eigenvalue weighted by atomic mass is 16.3. The van der Waals surface area contributed by atoms with Crippen molar-refractivity contribution in [3.63, 3.8) is 0 Å². The van der Waals surface area contributed by atoms with Crippen molar-refractivity contribution in [3.05, 3.63) is 53.6 Å². The Labute approximate surface area is 101 Å². The maximum Gasteiger partial charge on any atom is 0.126 e. The van der Waals surface area contributed by atoms with Crippen molar-refractivity contribution in [2.24, 2.45) is 0 Å². The van der Waals surface area contributed by atoms with E-state index in [1.165, 1.54) is 0 Å². The molecule has 0 heterocycles. The average Bonchev–Trinajstić information content (AvgIpc) is 2.40. The highest BCUT2D eigenvalue weighted by Crippen LogP contribution is 2.33. The van der Waals surface area contributed by atoms with Gasteiger partial charge in [0.2, 0.25) is 0 Å². The summed E-state index contributed by atoms with van der Waals surface area (Å²) in [6.07, 6.45) is 0.750. The van der Waals surface area contributed by atoms with Gasteiger partial charge in [0.15, 0.2) is 0 Å². The number of aryl methyl sites for hydroxylation is 1. The van der Waals surface area contributed by atoms with Crippen LogP contribution in [0.1, 0.15) is 18.1 Å². The molecule has 0 unspecified atom stereocenters. The van der Waals surface area contributed by atoms with Gasteiger partial charge in [-0.05, 0) is 35.2 Å². The molecule has 0 radical (unpaired) electrons. The molecule has 2 N–H and O–H groups in total. The van der Waals surface area contributed by atoms with Gasteiger partial charge < -0.3 is 10.2 Å². The first-order valence-corrected chi connectivity index (χ1v) is 5.77. The second-order valence-corrected chi connectivity index (χ2v) is 4.03. The minimum Gasteiger partial charge on any atom is -0.507 e. The number of rotatable bonds is 3. The molecule has 2 rings (SSSR count). The first-order valence-electron chi connectivity index (χ1n) is 5.77. The van der Waals surface area contributed by atoms with E-state index in [9.17, 15) is 10.2 Å². The second kappa shape index (κ2) is 5.02. The van der Waals surface area contributed by atoms with Crippen LogP contribution in [-0.4, -0.2) is 10.2 Å². The smallest absolute Gasteiger partial charge is 0.126 e. The molecule has 0 fully saturated rings. The molecule has 0 aliphatic rings. The first-order chi connectivity index (χ1) is 8.26. The molecule has 0 aromatic heterocycles. The lowest BCUT2D eigenvalue weighted by atomic mass is 9.97. The van der Waals surface area contributed by atoms with Crippen LogP contribution in [0.3, 0.4) is 0 Å². The van der Waals surface area contributed by atoms with E-state index in [-0.39, 0.29) is 6.61 Å². The van der Waals surface area contributed by atoms with Crippen molar-refractivity contribution in [1.29, 1.82) is 0 Å². The lowest BCUT2D eigenvalue weighted by Crippen LogP contribution is -1.91. The largest absolute Gasteiger partial charge is 0.507 e. The van der Waals surface area contributed by atoms with E-state index >= 15 is 0 Å². The van der Waals surface area contributed by atoms with Crippen molar-refractivity contribution >= 4 is 0 Å². The van der Waals surface area contributed by atoms with E-state index in [0.29, 0.717) is 5.75 Å². The van der Waals surface area contributed by atoms with E-state index in [1.54, 1.807) is 0 Å². The number of phenolic OH excluding ortho intramolecular Hbond substituents is 1. The van der Waals surface area contributed by atoms with Crippen LogP contribution in [0.5, 0.6) is 5.75 Å². The van der Waals surface area contributed by atoms with E-state index < -0.39 is 0 Å². The number of aromatic hydroxyl groups is 1. The average molecular weight is 228 g/mol. The molecule has 0 aliphatic carbocycles. The Kier molecular flexibility index (Phi) is 3.45. The van der Waals surface area contributed by atoms with Gasteiger partial charge in [-0.3, -0.25) is 0 Å². The Bertz CT molecular complexity index is 504. The maximum absolute atomic E-state index is 10.2. The van der Waals surface area contributed by atoms with Crippen molar-refractivity contribution in [2.75, 3.05) is 0 Å². The molecular weight excluding hydrogens is 212 g/mol. The van der Waals surface area contributed by atoms with Crippen molar-refractivity contribution in [2.45, 2.75) is 20.0 Å². The van der Waals surface area contributed by atoms with Gasteiger partial charge in [0.05, 0.1) is 6.61 Å². The highest BCUT2D eigenvalue weighted by Gasteiger charge is 2.10. The summed E-state index contributed by atoms with van der Waals surface area (Å²) < 4.78 is 0. The summed E-state index contributed by atoms with van der Waals surface area (Å²) >= 11 is 0. The Hall–Kier alpha value is -1.80. The summed E-state index contributed by atoms with van der Waals surface area (Å²) in [6, 6.07) is 13.4. The van der Waals surface area contributed by atoms with E-state index in [0.717, 1.165) is 28.7 Å². The molecule has 2 heteroatoms. The zero-order chi connectivity index (χ0) is 12.3. The molecule has 17 heavy (non-hydrogen) atoms. The zero-order valence-electron chi connectivity index (χ0n) is 9.85. The third-order valence-electron chi connectivity index (χ3n) is 2.90. The Morgan fingerprint density at radius 2 is 1.76 bits per heavy atom. The molecule has 2 aromatic rings. The van der Waals surface area contributed by atoms with Crippen LogP contribution in [0.2, 0.25) is 0 Å². The van der Waals surface area contributed by atoms with E-state index in [4.69, 9.17) is 0 Å². The van der Waals surface area contributed by atoms with Gasteiger partial charge in [-0.2, -0.15) is 0 Å². The monoisotopic (exact) mass is 228 g/mol. The molecule has 2 nitrogen and oxygen atoms in total. The van der Waals surface area contributed by atoms with Gasteiger partial charge in [0.1, 0.15) is 5.75 Å². The third kappa shape index (κ3) is 2.32. The van der Waals surface area contributed by atoms with Crippen LogP contribution in [0.15, 0.2) is 42.5 Å².